The molecule has 1 fully saturated rings. The van der Waals surface area contributed by atoms with E-state index in [9.17, 15) is 5.26 Å². The molecule has 0 aromatic heterocycles. The second-order valence-electron chi connectivity index (χ2n) is 5.37. The van der Waals surface area contributed by atoms with E-state index in [1.807, 2.05) is 24.3 Å². The average Bonchev–Trinajstić information content (AvgIpc) is 2.94. The van der Waals surface area contributed by atoms with Crippen molar-refractivity contribution in [2.45, 2.75) is 25.7 Å². The Morgan fingerprint density at radius 2 is 1.79 bits per heavy atom. The molecule has 0 atom stereocenters. The van der Waals surface area contributed by atoms with E-state index in [1.165, 1.54) is 5.39 Å². The van der Waals surface area contributed by atoms with E-state index in [-0.39, 0.29) is 5.41 Å². The van der Waals surface area contributed by atoms with Crippen molar-refractivity contribution in [2.75, 3.05) is 6.61 Å². The number of nitrogens with zero attached hydrogens (tertiary/aromatic N) is 1. The first-order valence-electron chi connectivity index (χ1n) is 6.85. The van der Waals surface area contributed by atoms with Gasteiger partial charge >= 0.3 is 0 Å². The summed E-state index contributed by atoms with van der Waals surface area (Å²) in [5.74, 6) is 0.889. The Kier molecular flexibility index (Phi) is 3.13. The molecule has 2 aromatic carbocycles. The minimum absolute atomic E-state index is 0.267. The van der Waals surface area contributed by atoms with Crippen molar-refractivity contribution in [3.63, 3.8) is 0 Å². The smallest absolute Gasteiger partial charge is 0.127 e. The Hall–Kier alpha value is -2.01. The van der Waals surface area contributed by atoms with E-state index in [2.05, 4.69) is 24.3 Å². The SMILES string of the molecule is N#CC1(COc2cccc3ccccc23)CCCC1. The lowest BCUT2D eigenvalue weighted by Crippen LogP contribution is -2.23. The summed E-state index contributed by atoms with van der Waals surface area (Å²) >= 11 is 0. The van der Waals surface area contributed by atoms with Crippen LogP contribution in [0.3, 0.4) is 0 Å². The van der Waals surface area contributed by atoms with E-state index in [1.54, 1.807) is 0 Å². The largest absolute Gasteiger partial charge is 0.491 e. The predicted molar refractivity (Wildman–Crippen MR) is 76.0 cm³/mol. The molecule has 0 N–H and O–H groups in total. The van der Waals surface area contributed by atoms with Crippen LogP contribution >= 0.6 is 0 Å². The second kappa shape index (κ2) is 4.93. The minimum atomic E-state index is -0.267. The lowest BCUT2D eigenvalue weighted by molar-refractivity contribution is 0.203. The number of nitriles is 1. The average molecular weight is 251 g/mol. The number of hydrogen-bond donors (Lipinski definition) is 0. The van der Waals surface area contributed by atoms with Gasteiger partial charge in [-0.05, 0) is 24.3 Å². The van der Waals surface area contributed by atoms with Crippen LogP contribution in [-0.4, -0.2) is 6.61 Å². The van der Waals surface area contributed by atoms with Gasteiger partial charge < -0.3 is 4.74 Å². The molecule has 1 saturated carbocycles. The Bertz CT molecular complexity index is 615. The van der Waals surface area contributed by atoms with Crippen molar-refractivity contribution in [3.8, 4) is 11.8 Å². The zero-order valence-electron chi connectivity index (χ0n) is 10.9. The van der Waals surface area contributed by atoms with Gasteiger partial charge in [0.05, 0.1) is 11.5 Å². The van der Waals surface area contributed by atoms with Crippen molar-refractivity contribution in [2.24, 2.45) is 5.41 Å². The predicted octanol–water partition coefficient (Wildman–Crippen LogP) is 4.30. The van der Waals surface area contributed by atoms with E-state index in [0.29, 0.717) is 6.61 Å². The quantitative estimate of drug-likeness (QED) is 0.814. The fourth-order valence-corrected chi connectivity index (χ4v) is 2.88. The summed E-state index contributed by atoms with van der Waals surface area (Å²) < 4.78 is 5.97. The monoisotopic (exact) mass is 251 g/mol. The maximum Gasteiger partial charge on any atom is 0.127 e. The Morgan fingerprint density at radius 3 is 2.58 bits per heavy atom. The molecule has 96 valence electrons. The van der Waals surface area contributed by atoms with Gasteiger partial charge in [0.15, 0.2) is 0 Å². The van der Waals surface area contributed by atoms with E-state index >= 15 is 0 Å². The van der Waals surface area contributed by atoms with Crippen molar-refractivity contribution in [3.05, 3.63) is 42.5 Å². The summed E-state index contributed by atoms with van der Waals surface area (Å²) in [4.78, 5) is 0. The molecular weight excluding hydrogens is 234 g/mol. The molecule has 0 amide bonds. The zero-order valence-corrected chi connectivity index (χ0v) is 10.9. The van der Waals surface area contributed by atoms with Gasteiger partial charge in [0.25, 0.3) is 0 Å². The molecule has 19 heavy (non-hydrogen) atoms. The number of benzene rings is 2. The highest BCUT2D eigenvalue weighted by Gasteiger charge is 2.34. The van der Waals surface area contributed by atoms with E-state index in [4.69, 9.17) is 4.74 Å². The molecule has 2 heteroatoms. The van der Waals surface area contributed by atoms with Gasteiger partial charge in [0.2, 0.25) is 0 Å². The van der Waals surface area contributed by atoms with Gasteiger partial charge in [0.1, 0.15) is 12.4 Å². The van der Waals surface area contributed by atoms with Crippen LogP contribution < -0.4 is 4.74 Å². The molecule has 1 aliphatic rings. The first-order chi connectivity index (χ1) is 9.33. The highest BCUT2D eigenvalue weighted by molar-refractivity contribution is 5.88. The number of ether oxygens (including phenoxy) is 1. The van der Waals surface area contributed by atoms with Crippen LogP contribution in [0.1, 0.15) is 25.7 Å². The lowest BCUT2D eigenvalue weighted by Gasteiger charge is -2.21. The van der Waals surface area contributed by atoms with Gasteiger partial charge in [-0.3, -0.25) is 0 Å². The molecule has 0 saturated heterocycles. The molecule has 0 bridgehead atoms. The maximum atomic E-state index is 9.38. The van der Waals surface area contributed by atoms with Crippen LogP contribution in [0.4, 0.5) is 0 Å². The van der Waals surface area contributed by atoms with Crippen molar-refractivity contribution in [1.82, 2.24) is 0 Å². The number of rotatable bonds is 3. The lowest BCUT2D eigenvalue weighted by atomic mass is 9.89. The summed E-state index contributed by atoms with van der Waals surface area (Å²) in [5.41, 5.74) is -0.267. The molecular formula is C17H17NO. The molecule has 1 aliphatic carbocycles. The molecule has 0 heterocycles. The van der Waals surface area contributed by atoms with Gasteiger partial charge in [-0.1, -0.05) is 49.2 Å². The highest BCUT2D eigenvalue weighted by atomic mass is 16.5. The number of hydrogen-bond acceptors (Lipinski definition) is 2. The van der Waals surface area contributed by atoms with Gasteiger partial charge in [-0.2, -0.15) is 5.26 Å². The van der Waals surface area contributed by atoms with E-state index in [0.717, 1.165) is 36.8 Å². The van der Waals surface area contributed by atoms with E-state index < -0.39 is 0 Å². The molecule has 2 aromatic rings. The van der Waals surface area contributed by atoms with Gasteiger partial charge in [-0.15, -0.1) is 0 Å². The third kappa shape index (κ3) is 2.29. The molecule has 2 nitrogen and oxygen atoms in total. The van der Waals surface area contributed by atoms with Crippen molar-refractivity contribution < 1.29 is 4.74 Å². The van der Waals surface area contributed by atoms with Crippen LogP contribution in [0.15, 0.2) is 42.5 Å². The zero-order chi connectivity index (χ0) is 13.1. The normalized spacial score (nSPS) is 17.2. The molecule has 0 spiro atoms. The fourth-order valence-electron chi connectivity index (χ4n) is 2.88. The van der Waals surface area contributed by atoms with Crippen LogP contribution in [0.25, 0.3) is 10.8 Å². The standard InChI is InChI=1S/C17H17NO/c18-12-17(10-3-4-11-17)13-19-16-9-5-7-14-6-1-2-8-15(14)16/h1-2,5-9H,3-4,10-11,13H2. The number of fused-ring (bicyclic) bond motifs is 1. The Balaban J connectivity index is 1.84. The van der Waals surface area contributed by atoms with Crippen molar-refractivity contribution >= 4 is 10.8 Å². The first kappa shape index (κ1) is 12.0. The topological polar surface area (TPSA) is 33.0 Å². The van der Waals surface area contributed by atoms with Crippen LogP contribution in [0, 0.1) is 16.7 Å². The van der Waals surface area contributed by atoms with Gasteiger partial charge in [0, 0.05) is 5.39 Å². The summed E-state index contributed by atoms with van der Waals surface area (Å²) in [6.07, 6.45) is 4.22. The summed E-state index contributed by atoms with van der Waals surface area (Å²) in [7, 11) is 0. The van der Waals surface area contributed by atoms with Crippen LogP contribution in [0.5, 0.6) is 5.75 Å². The molecule has 0 unspecified atom stereocenters. The van der Waals surface area contributed by atoms with Crippen LogP contribution in [-0.2, 0) is 0 Å². The fraction of sp³-hybridized carbons (Fsp3) is 0.353. The maximum absolute atomic E-state index is 9.38. The molecule has 0 radical (unpaired) electrons. The molecule has 3 rings (SSSR count). The van der Waals surface area contributed by atoms with Gasteiger partial charge in [-0.25, -0.2) is 0 Å². The third-order valence-electron chi connectivity index (χ3n) is 4.05. The summed E-state index contributed by atoms with van der Waals surface area (Å²) in [5, 5.41) is 11.7. The molecule has 0 aliphatic heterocycles. The first-order valence-corrected chi connectivity index (χ1v) is 6.85. The highest BCUT2D eigenvalue weighted by Crippen LogP contribution is 2.38. The third-order valence-corrected chi connectivity index (χ3v) is 4.05. The summed E-state index contributed by atoms with van der Waals surface area (Å²) in [6, 6.07) is 16.7. The Labute approximate surface area is 113 Å². The minimum Gasteiger partial charge on any atom is -0.491 e. The van der Waals surface area contributed by atoms with Crippen LogP contribution in [0.2, 0.25) is 0 Å². The summed E-state index contributed by atoms with van der Waals surface area (Å²) in [6.45, 7) is 0.511. The Morgan fingerprint density at radius 1 is 1.05 bits per heavy atom. The van der Waals surface area contributed by atoms with Crippen molar-refractivity contribution in [1.29, 1.82) is 5.26 Å². The second-order valence-corrected chi connectivity index (χ2v) is 5.37.